The highest BCUT2D eigenvalue weighted by molar-refractivity contribution is 6.62. The molecule has 0 heterocycles. The second-order valence-electron chi connectivity index (χ2n) is 5.12. The normalized spacial score (nSPS) is 14.0. The van der Waals surface area contributed by atoms with Gasteiger partial charge in [-0.3, -0.25) is 9.59 Å². The summed E-state index contributed by atoms with van der Waals surface area (Å²) in [5.74, 6) is -1.40. The Hall–Kier alpha value is -2.94. The summed E-state index contributed by atoms with van der Waals surface area (Å²) in [5, 5.41) is 10.5. The highest BCUT2D eigenvalue weighted by atomic mass is 16.3. The molecule has 2 aromatic rings. The van der Waals surface area contributed by atoms with Gasteiger partial charge in [-0.15, -0.1) is 6.58 Å². The topological polar surface area (TPSA) is 54.4 Å². The molecule has 2 aromatic carbocycles. The Bertz CT molecular complexity index is 828. The summed E-state index contributed by atoms with van der Waals surface area (Å²) in [7, 11) is 0. The Morgan fingerprint density at radius 2 is 1.68 bits per heavy atom. The molecule has 0 atom stereocenters. The van der Waals surface area contributed by atoms with Crippen molar-refractivity contribution in [2.24, 2.45) is 0 Å². The van der Waals surface area contributed by atoms with Gasteiger partial charge in [0.05, 0.1) is 5.57 Å². The first-order chi connectivity index (χ1) is 10.6. The minimum atomic E-state index is -0.674. The van der Waals surface area contributed by atoms with Crippen LogP contribution in [0.2, 0.25) is 0 Å². The van der Waals surface area contributed by atoms with Crippen LogP contribution in [0.3, 0.4) is 0 Å². The van der Waals surface area contributed by atoms with E-state index in [2.05, 4.69) is 6.58 Å². The second kappa shape index (κ2) is 5.45. The fraction of sp³-hybridized carbons (Fsp3) is 0.0526. The van der Waals surface area contributed by atoms with Crippen molar-refractivity contribution >= 4 is 22.9 Å². The van der Waals surface area contributed by atoms with E-state index in [9.17, 15) is 14.7 Å². The predicted molar refractivity (Wildman–Crippen MR) is 85.6 cm³/mol. The lowest BCUT2D eigenvalue weighted by Crippen LogP contribution is -2.23. The highest BCUT2D eigenvalue weighted by Crippen LogP contribution is 2.33. The standard InChI is InChI=1S/C19H14O3/c1-2-6-12-7-5-8-13(11-12)16-17(20)14-9-3-4-10-15(14)18(21)19(16)22/h2-5,7-11,20H,1,6H2. The summed E-state index contributed by atoms with van der Waals surface area (Å²) < 4.78 is 0. The lowest BCUT2D eigenvalue weighted by Gasteiger charge is -2.18. The van der Waals surface area contributed by atoms with Crippen LogP contribution in [0, 0.1) is 0 Å². The Morgan fingerprint density at radius 3 is 2.41 bits per heavy atom. The summed E-state index contributed by atoms with van der Waals surface area (Å²) in [5.41, 5.74) is 2.22. The number of rotatable bonds is 3. The zero-order valence-corrected chi connectivity index (χ0v) is 11.9. The van der Waals surface area contributed by atoms with Gasteiger partial charge < -0.3 is 5.11 Å². The number of allylic oxidation sites excluding steroid dienone is 2. The van der Waals surface area contributed by atoms with Gasteiger partial charge in [-0.25, -0.2) is 0 Å². The van der Waals surface area contributed by atoms with E-state index in [1.807, 2.05) is 6.07 Å². The van der Waals surface area contributed by atoms with E-state index >= 15 is 0 Å². The molecule has 0 fully saturated rings. The van der Waals surface area contributed by atoms with Gasteiger partial charge in [0.25, 0.3) is 0 Å². The fourth-order valence-electron chi connectivity index (χ4n) is 2.65. The number of carbonyl (C=O) groups excluding carboxylic acids is 2. The zero-order valence-electron chi connectivity index (χ0n) is 11.9. The Morgan fingerprint density at radius 1 is 0.955 bits per heavy atom. The van der Waals surface area contributed by atoms with E-state index in [0.29, 0.717) is 17.5 Å². The molecule has 108 valence electrons. The molecule has 0 spiro atoms. The molecule has 0 saturated heterocycles. The predicted octanol–water partition coefficient (Wildman–Crippen LogP) is 3.61. The number of aliphatic hydroxyl groups excluding tert-OH is 1. The van der Waals surface area contributed by atoms with Crippen molar-refractivity contribution < 1.29 is 14.7 Å². The van der Waals surface area contributed by atoms with E-state index in [1.54, 1.807) is 48.5 Å². The first-order valence-corrected chi connectivity index (χ1v) is 6.95. The molecule has 0 aliphatic heterocycles. The van der Waals surface area contributed by atoms with Gasteiger partial charge in [0, 0.05) is 11.1 Å². The van der Waals surface area contributed by atoms with Crippen molar-refractivity contribution in [2.45, 2.75) is 6.42 Å². The summed E-state index contributed by atoms with van der Waals surface area (Å²) in [6.07, 6.45) is 2.41. The lowest BCUT2D eigenvalue weighted by atomic mass is 9.85. The SMILES string of the molecule is C=CCc1cccc(C2=C(O)c3ccccc3C(=O)C2=O)c1. The average Bonchev–Trinajstić information content (AvgIpc) is 2.54. The van der Waals surface area contributed by atoms with E-state index in [4.69, 9.17) is 0 Å². The third-order valence-corrected chi connectivity index (χ3v) is 3.69. The van der Waals surface area contributed by atoms with E-state index in [1.165, 1.54) is 0 Å². The lowest BCUT2D eigenvalue weighted by molar-refractivity contribution is -0.110. The molecule has 0 bridgehead atoms. The number of hydrogen-bond acceptors (Lipinski definition) is 3. The fourth-order valence-corrected chi connectivity index (χ4v) is 2.65. The van der Waals surface area contributed by atoms with Crippen molar-refractivity contribution in [1.29, 1.82) is 0 Å². The number of fused-ring (bicyclic) bond motifs is 1. The van der Waals surface area contributed by atoms with Crippen LogP contribution in [0.5, 0.6) is 0 Å². The Labute approximate surface area is 128 Å². The summed E-state index contributed by atoms with van der Waals surface area (Å²) >= 11 is 0. The largest absolute Gasteiger partial charge is 0.506 e. The molecule has 0 aromatic heterocycles. The van der Waals surface area contributed by atoms with Crippen molar-refractivity contribution in [3.05, 3.63) is 83.4 Å². The molecule has 1 aliphatic carbocycles. The molecule has 0 amide bonds. The molecule has 1 N–H and O–H groups in total. The van der Waals surface area contributed by atoms with Crippen LogP contribution < -0.4 is 0 Å². The molecule has 3 nitrogen and oxygen atoms in total. The van der Waals surface area contributed by atoms with Gasteiger partial charge in [0.15, 0.2) is 0 Å². The highest BCUT2D eigenvalue weighted by Gasteiger charge is 2.33. The Kier molecular flexibility index (Phi) is 3.47. The van der Waals surface area contributed by atoms with Crippen molar-refractivity contribution in [3.63, 3.8) is 0 Å². The maximum atomic E-state index is 12.4. The third kappa shape index (κ3) is 2.17. The zero-order chi connectivity index (χ0) is 15.7. The van der Waals surface area contributed by atoms with Crippen LogP contribution in [0.15, 0.2) is 61.2 Å². The summed E-state index contributed by atoms with van der Waals surface area (Å²) in [6.45, 7) is 3.69. The van der Waals surface area contributed by atoms with Gasteiger partial charge in [-0.05, 0) is 17.5 Å². The molecule has 0 saturated carbocycles. The number of ketones is 2. The van der Waals surface area contributed by atoms with Crippen LogP contribution in [0.1, 0.15) is 27.0 Å². The van der Waals surface area contributed by atoms with Gasteiger partial charge in [-0.1, -0.05) is 54.6 Å². The van der Waals surface area contributed by atoms with E-state index in [-0.39, 0.29) is 16.9 Å². The molecular weight excluding hydrogens is 276 g/mol. The number of aliphatic hydroxyl groups is 1. The molecule has 3 rings (SSSR count). The Balaban J connectivity index is 2.21. The minimum Gasteiger partial charge on any atom is -0.506 e. The van der Waals surface area contributed by atoms with E-state index in [0.717, 1.165) is 5.56 Å². The van der Waals surface area contributed by atoms with Crippen molar-refractivity contribution in [2.75, 3.05) is 0 Å². The van der Waals surface area contributed by atoms with Crippen LogP contribution in [0.25, 0.3) is 11.3 Å². The van der Waals surface area contributed by atoms with Gasteiger partial charge >= 0.3 is 0 Å². The van der Waals surface area contributed by atoms with Crippen molar-refractivity contribution in [3.8, 4) is 0 Å². The van der Waals surface area contributed by atoms with Crippen molar-refractivity contribution in [1.82, 2.24) is 0 Å². The molecule has 3 heteroatoms. The first-order valence-electron chi connectivity index (χ1n) is 6.95. The molecule has 1 aliphatic rings. The van der Waals surface area contributed by atoms with Gasteiger partial charge in [-0.2, -0.15) is 0 Å². The number of hydrogen-bond donors (Lipinski definition) is 1. The average molecular weight is 290 g/mol. The molecule has 0 unspecified atom stereocenters. The molecule has 22 heavy (non-hydrogen) atoms. The van der Waals surface area contributed by atoms with Crippen LogP contribution in [-0.2, 0) is 11.2 Å². The molecular formula is C19H14O3. The van der Waals surface area contributed by atoms with Gasteiger partial charge in [0.1, 0.15) is 5.76 Å². The first kappa shape index (κ1) is 14.0. The van der Waals surface area contributed by atoms with E-state index < -0.39 is 11.6 Å². The summed E-state index contributed by atoms with van der Waals surface area (Å²) in [6, 6.07) is 13.8. The second-order valence-corrected chi connectivity index (χ2v) is 5.12. The summed E-state index contributed by atoms with van der Waals surface area (Å²) in [4.78, 5) is 24.6. The number of carbonyl (C=O) groups is 2. The van der Waals surface area contributed by atoms with Crippen LogP contribution in [-0.4, -0.2) is 16.7 Å². The third-order valence-electron chi connectivity index (χ3n) is 3.69. The molecule has 0 radical (unpaired) electrons. The van der Waals surface area contributed by atoms with Crippen LogP contribution >= 0.6 is 0 Å². The smallest absolute Gasteiger partial charge is 0.237 e. The number of Topliss-reactive ketones (excluding diaryl/α,β-unsaturated/α-hetero) is 2. The minimum absolute atomic E-state index is 0.0645. The number of benzene rings is 2. The van der Waals surface area contributed by atoms with Gasteiger partial charge in [0.2, 0.25) is 11.6 Å². The van der Waals surface area contributed by atoms with Crippen LogP contribution in [0.4, 0.5) is 0 Å². The monoisotopic (exact) mass is 290 g/mol. The maximum Gasteiger partial charge on any atom is 0.237 e. The maximum absolute atomic E-state index is 12.4. The quantitative estimate of drug-likeness (QED) is 0.694.